The highest BCUT2D eigenvalue weighted by Gasteiger charge is 2.12. The quantitative estimate of drug-likeness (QED) is 0.753. The molecule has 138 valence electrons. The monoisotopic (exact) mass is 354 g/mol. The second-order valence-corrected chi connectivity index (χ2v) is 6.02. The van der Waals surface area contributed by atoms with E-state index in [0.717, 1.165) is 16.9 Å². The molecule has 0 saturated carbocycles. The first-order valence-corrected chi connectivity index (χ1v) is 8.83. The van der Waals surface area contributed by atoms with Crippen LogP contribution in [0.1, 0.15) is 24.5 Å². The normalized spacial score (nSPS) is 10.2. The van der Waals surface area contributed by atoms with E-state index < -0.39 is 0 Å². The summed E-state index contributed by atoms with van der Waals surface area (Å²) in [4.78, 5) is 26.1. The molecule has 5 heteroatoms. The van der Waals surface area contributed by atoms with Crippen molar-refractivity contribution in [2.24, 2.45) is 0 Å². The van der Waals surface area contributed by atoms with Crippen LogP contribution in [0.4, 0.5) is 0 Å². The number of rotatable bonds is 9. The second kappa shape index (κ2) is 10.2. The topological polar surface area (TPSA) is 58.6 Å². The fraction of sp³-hybridized carbons (Fsp3) is 0.333. The Labute approximate surface area is 155 Å². The average Bonchev–Trinajstić information content (AvgIpc) is 2.67. The second-order valence-electron chi connectivity index (χ2n) is 6.02. The Bertz CT molecular complexity index is 699. The van der Waals surface area contributed by atoms with Crippen molar-refractivity contribution in [1.29, 1.82) is 0 Å². The van der Waals surface area contributed by atoms with Crippen LogP contribution in [0.2, 0.25) is 0 Å². The lowest BCUT2D eigenvalue weighted by atomic mass is 10.1. The van der Waals surface area contributed by atoms with E-state index in [1.807, 2.05) is 61.5 Å². The Balaban J connectivity index is 1.76. The number of hydrogen-bond donors (Lipinski definition) is 1. The summed E-state index contributed by atoms with van der Waals surface area (Å²) in [5.74, 6) is 0.759. The summed E-state index contributed by atoms with van der Waals surface area (Å²) in [7, 11) is 1.63. The highest BCUT2D eigenvalue weighted by atomic mass is 16.5. The number of carbonyl (C=O) groups is 2. The van der Waals surface area contributed by atoms with E-state index in [1.54, 1.807) is 12.0 Å². The van der Waals surface area contributed by atoms with Gasteiger partial charge in [-0.1, -0.05) is 42.5 Å². The predicted octanol–water partition coefficient (Wildman–Crippen LogP) is 2.79. The maximum atomic E-state index is 12.4. The zero-order valence-corrected chi connectivity index (χ0v) is 15.4. The van der Waals surface area contributed by atoms with Gasteiger partial charge in [0.2, 0.25) is 11.8 Å². The van der Waals surface area contributed by atoms with Gasteiger partial charge in [-0.05, 0) is 30.2 Å². The molecule has 0 saturated heterocycles. The predicted molar refractivity (Wildman–Crippen MR) is 102 cm³/mol. The summed E-state index contributed by atoms with van der Waals surface area (Å²) in [6.07, 6.45) is 0.628. The number of nitrogens with one attached hydrogen (secondary N) is 1. The standard InChI is InChI=1S/C21H26N2O3/c1-3-23(16-18-9-11-19(26-2)12-10-18)21(25)13-14-22-20(24)15-17-7-5-4-6-8-17/h4-12H,3,13-16H2,1-2H3,(H,22,24). The third-order valence-corrected chi connectivity index (χ3v) is 4.14. The number of nitrogens with zero attached hydrogens (tertiary/aromatic N) is 1. The van der Waals surface area contributed by atoms with E-state index in [-0.39, 0.29) is 11.8 Å². The van der Waals surface area contributed by atoms with Crippen molar-refractivity contribution in [3.8, 4) is 5.75 Å². The molecule has 0 aliphatic carbocycles. The molecule has 0 atom stereocenters. The minimum Gasteiger partial charge on any atom is -0.497 e. The number of methoxy groups -OCH3 is 1. The Morgan fingerprint density at radius 3 is 2.31 bits per heavy atom. The van der Waals surface area contributed by atoms with Gasteiger partial charge >= 0.3 is 0 Å². The Morgan fingerprint density at radius 2 is 1.69 bits per heavy atom. The molecule has 5 nitrogen and oxygen atoms in total. The van der Waals surface area contributed by atoms with Gasteiger partial charge in [0.05, 0.1) is 13.5 Å². The van der Waals surface area contributed by atoms with Crippen molar-refractivity contribution < 1.29 is 14.3 Å². The molecule has 0 aliphatic rings. The van der Waals surface area contributed by atoms with E-state index in [9.17, 15) is 9.59 Å². The van der Waals surface area contributed by atoms with E-state index in [2.05, 4.69) is 5.32 Å². The first-order valence-electron chi connectivity index (χ1n) is 8.83. The van der Waals surface area contributed by atoms with Gasteiger partial charge in [0.25, 0.3) is 0 Å². The van der Waals surface area contributed by atoms with E-state index in [0.29, 0.717) is 32.5 Å². The number of carbonyl (C=O) groups excluding carboxylic acids is 2. The van der Waals surface area contributed by atoms with Crippen LogP contribution in [0, 0.1) is 0 Å². The third kappa shape index (κ3) is 6.24. The summed E-state index contributed by atoms with van der Waals surface area (Å²) in [5.41, 5.74) is 2.01. The minimum absolute atomic E-state index is 0.0309. The van der Waals surface area contributed by atoms with Gasteiger partial charge in [-0.25, -0.2) is 0 Å². The summed E-state index contributed by atoms with van der Waals surface area (Å²) in [6.45, 7) is 3.49. The summed E-state index contributed by atoms with van der Waals surface area (Å²) >= 11 is 0. The lowest BCUT2D eigenvalue weighted by Gasteiger charge is -2.21. The maximum Gasteiger partial charge on any atom is 0.224 e. The largest absolute Gasteiger partial charge is 0.497 e. The molecule has 2 amide bonds. The van der Waals surface area contributed by atoms with Crippen molar-refractivity contribution in [2.75, 3.05) is 20.2 Å². The molecule has 2 rings (SSSR count). The first-order chi connectivity index (χ1) is 12.6. The van der Waals surface area contributed by atoms with Crippen molar-refractivity contribution in [3.05, 3.63) is 65.7 Å². The molecule has 0 unspecified atom stereocenters. The summed E-state index contributed by atoms with van der Waals surface area (Å²) in [6, 6.07) is 17.2. The molecule has 0 spiro atoms. The van der Waals surface area contributed by atoms with Gasteiger partial charge in [-0.15, -0.1) is 0 Å². The number of amides is 2. The smallest absolute Gasteiger partial charge is 0.224 e. The van der Waals surface area contributed by atoms with Gasteiger partial charge in [-0.2, -0.15) is 0 Å². The fourth-order valence-corrected chi connectivity index (χ4v) is 2.64. The van der Waals surface area contributed by atoms with Crippen LogP contribution in [-0.4, -0.2) is 36.9 Å². The zero-order valence-electron chi connectivity index (χ0n) is 15.4. The number of benzene rings is 2. The van der Waals surface area contributed by atoms with Crippen LogP contribution in [0.3, 0.4) is 0 Å². The van der Waals surface area contributed by atoms with Gasteiger partial charge < -0.3 is 15.0 Å². The third-order valence-electron chi connectivity index (χ3n) is 4.14. The highest BCUT2D eigenvalue weighted by molar-refractivity contribution is 5.80. The Kier molecular flexibility index (Phi) is 7.68. The van der Waals surface area contributed by atoms with E-state index in [4.69, 9.17) is 4.74 Å². The van der Waals surface area contributed by atoms with Crippen LogP contribution >= 0.6 is 0 Å². The molecule has 0 radical (unpaired) electrons. The summed E-state index contributed by atoms with van der Waals surface area (Å²) < 4.78 is 5.15. The minimum atomic E-state index is -0.0674. The van der Waals surface area contributed by atoms with Crippen molar-refractivity contribution in [1.82, 2.24) is 10.2 Å². The number of ether oxygens (including phenoxy) is 1. The molecule has 0 aromatic heterocycles. The molecule has 2 aromatic carbocycles. The average molecular weight is 354 g/mol. The van der Waals surface area contributed by atoms with Gasteiger partial charge in [-0.3, -0.25) is 9.59 Å². The first kappa shape index (κ1) is 19.5. The molecule has 2 aromatic rings. The van der Waals surface area contributed by atoms with Crippen LogP contribution in [-0.2, 0) is 22.6 Å². The van der Waals surface area contributed by atoms with Crippen molar-refractivity contribution in [3.63, 3.8) is 0 Å². The van der Waals surface area contributed by atoms with E-state index in [1.165, 1.54) is 0 Å². The maximum absolute atomic E-state index is 12.4. The molecule has 0 fully saturated rings. The highest BCUT2D eigenvalue weighted by Crippen LogP contribution is 2.13. The Hall–Kier alpha value is -2.82. The zero-order chi connectivity index (χ0) is 18.8. The molecule has 0 heterocycles. The molecular formula is C21H26N2O3. The van der Waals surface area contributed by atoms with Gasteiger partial charge in [0.15, 0.2) is 0 Å². The van der Waals surface area contributed by atoms with Crippen molar-refractivity contribution in [2.45, 2.75) is 26.3 Å². The SMILES string of the molecule is CCN(Cc1ccc(OC)cc1)C(=O)CCNC(=O)Cc1ccccc1. The van der Waals surface area contributed by atoms with E-state index >= 15 is 0 Å². The number of hydrogen-bond acceptors (Lipinski definition) is 3. The summed E-state index contributed by atoms with van der Waals surface area (Å²) in [5, 5.41) is 2.82. The lowest BCUT2D eigenvalue weighted by Crippen LogP contribution is -2.34. The fourth-order valence-electron chi connectivity index (χ4n) is 2.64. The molecule has 1 N–H and O–H groups in total. The van der Waals surface area contributed by atoms with Crippen LogP contribution in [0.15, 0.2) is 54.6 Å². The van der Waals surface area contributed by atoms with Gasteiger partial charge in [0.1, 0.15) is 5.75 Å². The van der Waals surface area contributed by atoms with Gasteiger partial charge in [0, 0.05) is 26.1 Å². The molecular weight excluding hydrogens is 328 g/mol. The lowest BCUT2D eigenvalue weighted by molar-refractivity contribution is -0.131. The van der Waals surface area contributed by atoms with Crippen LogP contribution < -0.4 is 10.1 Å². The van der Waals surface area contributed by atoms with Crippen LogP contribution in [0.25, 0.3) is 0 Å². The molecule has 0 aliphatic heterocycles. The van der Waals surface area contributed by atoms with Crippen LogP contribution in [0.5, 0.6) is 5.75 Å². The molecule has 26 heavy (non-hydrogen) atoms. The Morgan fingerprint density at radius 1 is 1.00 bits per heavy atom. The van der Waals surface area contributed by atoms with Crippen molar-refractivity contribution >= 4 is 11.8 Å². The molecule has 0 bridgehead atoms.